The third kappa shape index (κ3) is 1.49. The summed E-state index contributed by atoms with van der Waals surface area (Å²) in [6, 6.07) is 9.70. The highest BCUT2D eigenvalue weighted by Crippen LogP contribution is 2.21. The normalized spacial score (nSPS) is 10.1. The maximum atomic E-state index is 8.75. The maximum Gasteiger partial charge on any atom is 0.141 e. The molecule has 0 fully saturated rings. The average molecular weight is 247 g/mol. The fraction of sp³-hybridized carbons (Fsp3) is 0.0909. The van der Waals surface area contributed by atoms with Crippen molar-refractivity contribution in [2.75, 3.05) is 0 Å². The number of benzene rings is 1. The van der Waals surface area contributed by atoms with E-state index in [1.165, 1.54) is 0 Å². The van der Waals surface area contributed by atoms with Crippen LogP contribution in [0.25, 0.3) is 10.9 Å². The lowest BCUT2D eigenvalue weighted by atomic mass is 10.1. The Bertz CT molecular complexity index is 541. The first-order valence-corrected chi connectivity index (χ1v) is 4.97. The van der Waals surface area contributed by atoms with Crippen LogP contribution < -0.4 is 0 Å². The Morgan fingerprint density at radius 3 is 2.86 bits per heavy atom. The van der Waals surface area contributed by atoms with Crippen molar-refractivity contribution in [1.29, 1.82) is 5.26 Å². The topological polar surface area (TPSA) is 36.7 Å². The molecule has 0 saturated carbocycles. The van der Waals surface area contributed by atoms with Crippen LogP contribution in [0.15, 0.2) is 28.7 Å². The SMILES string of the molecule is Cc1cc(C#N)nc2ccc(Br)cc12. The molecule has 0 radical (unpaired) electrons. The van der Waals surface area contributed by atoms with Gasteiger partial charge in [0.2, 0.25) is 0 Å². The summed E-state index contributed by atoms with van der Waals surface area (Å²) >= 11 is 3.41. The number of nitriles is 1. The summed E-state index contributed by atoms with van der Waals surface area (Å²) in [5.74, 6) is 0. The molecule has 0 N–H and O–H groups in total. The summed E-state index contributed by atoms with van der Waals surface area (Å²) in [4.78, 5) is 4.21. The van der Waals surface area contributed by atoms with Gasteiger partial charge in [0.15, 0.2) is 0 Å². The highest BCUT2D eigenvalue weighted by atomic mass is 79.9. The molecule has 0 unspecified atom stereocenters. The van der Waals surface area contributed by atoms with Crippen LogP contribution in [0.5, 0.6) is 0 Å². The standard InChI is InChI=1S/C11H7BrN2/c1-7-4-9(6-13)14-11-3-2-8(12)5-10(7)11/h2-5H,1H3. The molecule has 0 saturated heterocycles. The fourth-order valence-corrected chi connectivity index (χ4v) is 1.78. The number of rotatable bonds is 0. The summed E-state index contributed by atoms with van der Waals surface area (Å²) in [7, 11) is 0. The Hall–Kier alpha value is -1.40. The fourth-order valence-electron chi connectivity index (χ4n) is 1.42. The van der Waals surface area contributed by atoms with Gasteiger partial charge in [0.1, 0.15) is 11.8 Å². The van der Waals surface area contributed by atoms with Crippen molar-refractivity contribution in [2.24, 2.45) is 0 Å². The second-order valence-electron chi connectivity index (χ2n) is 3.10. The van der Waals surface area contributed by atoms with E-state index in [1.807, 2.05) is 25.1 Å². The average Bonchev–Trinajstić information content (AvgIpc) is 2.19. The first-order chi connectivity index (χ1) is 6.70. The minimum Gasteiger partial charge on any atom is -0.237 e. The molecule has 68 valence electrons. The van der Waals surface area contributed by atoms with E-state index in [9.17, 15) is 0 Å². The third-order valence-corrected chi connectivity index (χ3v) is 2.59. The van der Waals surface area contributed by atoms with Crippen molar-refractivity contribution in [2.45, 2.75) is 6.92 Å². The molecule has 2 rings (SSSR count). The number of pyridine rings is 1. The highest BCUT2D eigenvalue weighted by molar-refractivity contribution is 9.10. The molecule has 2 aromatic rings. The molecule has 0 aliphatic rings. The molecule has 0 amide bonds. The van der Waals surface area contributed by atoms with E-state index in [2.05, 4.69) is 27.0 Å². The highest BCUT2D eigenvalue weighted by Gasteiger charge is 2.02. The molecule has 0 spiro atoms. The summed E-state index contributed by atoms with van der Waals surface area (Å²) in [6.07, 6.45) is 0. The van der Waals surface area contributed by atoms with Gasteiger partial charge in [0, 0.05) is 9.86 Å². The molecule has 1 aromatic heterocycles. The first-order valence-electron chi connectivity index (χ1n) is 4.18. The molecule has 0 atom stereocenters. The Morgan fingerprint density at radius 1 is 1.36 bits per heavy atom. The van der Waals surface area contributed by atoms with Gasteiger partial charge in [-0.15, -0.1) is 0 Å². The quantitative estimate of drug-likeness (QED) is 0.716. The molecular weight excluding hydrogens is 240 g/mol. The molecule has 2 nitrogen and oxygen atoms in total. The van der Waals surface area contributed by atoms with Gasteiger partial charge in [-0.2, -0.15) is 5.26 Å². The Morgan fingerprint density at radius 2 is 2.14 bits per heavy atom. The summed E-state index contributed by atoms with van der Waals surface area (Å²) < 4.78 is 1.03. The minimum atomic E-state index is 0.470. The van der Waals surface area contributed by atoms with E-state index in [-0.39, 0.29) is 0 Å². The van der Waals surface area contributed by atoms with Gasteiger partial charge in [-0.1, -0.05) is 15.9 Å². The first kappa shape index (κ1) is 9.17. The molecule has 3 heteroatoms. The lowest BCUT2D eigenvalue weighted by molar-refractivity contribution is 1.30. The van der Waals surface area contributed by atoms with Crippen molar-refractivity contribution in [3.8, 4) is 6.07 Å². The van der Waals surface area contributed by atoms with Crippen LogP contribution in [-0.2, 0) is 0 Å². The number of halogens is 1. The number of aryl methyl sites for hydroxylation is 1. The Kier molecular flexibility index (Phi) is 2.22. The molecular formula is C11H7BrN2. The van der Waals surface area contributed by atoms with E-state index < -0.39 is 0 Å². The second-order valence-corrected chi connectivity index (χ2v) is 4.01. The number of aromatic nitrogens is 1. The summed E-state index contributed by atoms with van der Waals surface area (Å²) in [6.45, 7) is 1.98. The zero-order chi connectivity index (χ0) is 10.1. The van der Waals surface area contributed by atoms with Crippen molar-refractivity contribution in [3.63, 3.8) is 0 Å². The zero-order valence-electron chi connectivity index (χ0n) is 7.58. The lowest BCUT2D eigenvalue weighted by Gasteiger charge is -2.02. The van der Waals surface area contributed by atoms with Crippen LogP contribution in [0.4, 0.5) is 0 Å². The predicted molar refractivity (Wildman–Crippen MR) is 58.9 cm³/mol. The van der Waals surface area contributed by atoms with Gasteiger partial charge in [0.25, 0.3) is 0 Å². The van der Waals surface area contributed by atoms with Crippen molar-refractivity contribution >= 4 is 26.8 Å². The lowest BCUT2D eigenvalue weighted by Crippen LogP contribution is -1.87. The van der Waals surface area contributed by atoms with Gasteiger partial charge in [-0.25, -0.2) is 4.98 Å². The molecule has 14 heavy (non-hydrogen) atoms. The number of fused-ring (bicyclic) bond motifs is 1. The number of hydrogen-bond donors (Lipinski definition) is 0. The van der Waals surface area contributed by atoms with Gasteiger partial charge < -0.3 is 0 Å². The summed E-state index contributed by atoms with van der Waals surface area (Å²) in [5.41, 5.74) is 2.41. The zero-order valence-corrected chi connectivity index (χ0v) is 9.17. The van der Waals surface area contributed by atoms with Gasteiger partial charge in [-0.05, 0) is 36.8 Å². The van der Waals surface area contributed by atoms with Crippen LogP contribution in [0, 0.1) is 18.3 Å². The molecule has 0 bridgehead atoms. The van der Waals surface area contributed by atoms with E-state index >= 15 is 0 Å². The number of nitrogens with zero attached hydrogens (tertiary/aromatic N) is 2. The van der Waals surface area contributed by atoms with Gasteiger partial charge >= 0.3 is 0 Å². The maximum absolute atomic E-state index is 8.75. The van der Waals surface area contributed by atoms with Crippen LogP contribution in [0.2, 0.25) is 0 Å². The third-order valence-electron chi connectivity index (χ3n) is 2.09. The van der Waals surface area contributed by atoms with Crippen LogP contribution in [0.1, 0.15) is 11.3 Å². The van der Waals surface area contributed by atoms with E-state index in [1.54, 1.807) is 6.07 Å². The Balaban J connectivity index is 2.84. The van der Waals surface area contributed by atoms with E-state index in [0.717, 1.165) is 20.9 Å². The minimum absolute atomic E-state index is 0.470. The monoisotopic (exact) mass is 246 g/mol. The van der Waals surface area contributed by atoms with E-state index in [0.29, 0.717) is 5.69 Å². The van der Waals surface area contributed by atoms with Gasteiger partial charge in [0.05, 0.1) is 5.52 Å². The molecule has 1 aromatic carbocycles. The smallest absolute Gasteiger partial charge is 0.141 e. The molecule has 0 aliphatic heterocycles. The number of hydrogen-bond acceptors (Lipinski definition) is 2. The molecule has 0 aliphatic carbocycles. The predicted octanol–water partition coefficient (Wildman–Crippen LogP) is 3.18. The van der Waals surface area contributed by atoms with E-state index in [4.69, 9.17) is 5.26 Å². The van der Waals surface area contributed by atoms with Crippen LogP contribution in [0.3, 0.4) is 0 Å². The largest absolute Gasteiger partial charge is 0.237 e. The van der Waals surface area contributed by atoms with Crippen molar-refractivity contribution < 1.29 is 0 Å². The van der Waals surface area contributed by atoms with Gasteiger partial charge in [-0.3, -0.25) is 0 Å². The van der Waals surface area contributed by atoms with Crippen molar-refractivity contribution in [1.82, 2.24) is 4.98 Å². The van der Waals surface area contributed by atoms with Crippen molar-refractivity contribution in [3.05, 3.63) is 40.0 Å². The summed E-state index contributed by atoms with van der Waals surface area (Å²) in [5, 5.41) is 9.84. The van der Waals surface area contributed by atoms with Crippen LogP contribution in [-0.4, -0.2) is 4.98 Å². The Labute approximate surface area is 90.3 Å². The molecule has 1 heterocycles. The van der Waals surface area contributed by atoms with Crippen LogP contribution >= 0.6 is 15.9 Å². The second kappa shape index (κ2) is 3.39.